The third-order valence-electron chi connectivity index (χ3n) is 3.21. The molecule has 1 unspecified atom stereocenters. The molecule has 0 saturated heterocycles. The van der Waals surface area contributed by atoms with Crippen molar-refractivity contribution in [3.63, 3.8) is 0 Å². The molecule has 0 spiro atoms. The van der Waals surface area contributed by atoms with E-state index in [0.717, 1.165) is 18.4 Å². The third-order valence-corrected chi connectivity index (χ3v) is 3.21. The molecular weight excluding hydrogens is 188 g/mol. The molecule has 2 rings (SSSR count). The first-order chi connectivity index (χ1) is 7.09. The van der Waals surface area contributed by atoms with Crippen molar-refractivity contribution in [1.29, 1.82) is 0 Å². The van der Waals surface area contributed by atoms with Gasteiger partial charge in [-0.2, -0.15) is 0 Å². The van der Waals surface area contributed by atoms with Crippen molar-refractivity contribution in [3.8, 4) is 0 Å². The van der Waals surface area contributed by atoms with Crippen molar-refractivity contribution in [2.45, 2.75) is 38.5 Å². The molecule has 0 radical (unpaired) electrons. The Morgan fingerprint density at radius 2 is 2.20 bits per heavy atom. The molecule has 1 N–H and O–H groups in total. The highest BCUT2D eigenvalue weighted by atomic mass is 16.4. The maximum absolute atomic E-state index is 11.0. The standard InChI is InChI=1S/C13H16O2/c1-8(2)10-4-3-9-5-6-11(13(14)15)12(9)7-10/h3-4,7-8,11H,5-6H2,1-2H3,(H,14,15). The Balaban J connectivity index is 2.42. The molecule has 0 amide bonds. The maximum Gasteiger partial charge on any atom is 0.310 e. The van der Waals surface area contributed by atoms with Gasteiger partial charge in [-0.3, -0.25) is 4.79 Å². The van der Waals surface area contributed by atoms with Gasteiger partial charge >= 0.3 is 5.97 Å². The molecule has 0 aliphatic heterocycles. The Bertz CT molecular complexity index is 394. The molecule has 1 atom stereocenters. The SMILES string of the molecule is CC(C)c1ccc2c(c1)C(C(=O)O)CC2. The second-order valence-electron chi connectivity index (χ2n) is 4.54. The van der Waals surface area contributed by atoms with Crippen molar-refractivity contribution in [1.82, 2.24) is 0 Å². The molecule has 2 heteroatoms. The van der Waals surface area contributed by atoms with Crippen LogP contribution in [0.25, 0.3) is 0 Å². The highest BCUT2D eigenvalue weighted by molar-refractivity contribution is 5.78. The van der Waals surface area contributed by atoms with E-state index < -0.39 is 5.97 Å². The fourth-order valence-electron chi connectivity index (χ4n) is 2.24. The summed E-state index contributed by atoms with van der Waals surface area (Å²) in [4.78, 5) is 11.0. The fraction of sp³-hybridized carbons (Fsp3) is 0.462. The first-order valence-corrected chi connectivity index (χ1v) is 5.45. The number of carboxylic acids is 1. The predicted molar refractivity (Wildman–Crippen MR) is 59.2 cm³/mol. The van der Waals surface area contributed by atoms with Crippen LogP contribution in [0.15, 0.2) is 18.2 Å². The molecule has 15 heavy (non-hydrogen) atoms. The van der Waals surface area contributed by atoms with Crippen LogP contribution < -0.4 is 0 Å². The summed E-state index contributed by atoms with van der Waals surface area (Å²) in [6.45, 7) is 4.26. The predicted octanol–water partition coefficient (Wildman–Crippen LogP) is 2.92. The Morgan fingerprint density at radius 3 is 2.80 bits per heavy atom. The minimum absolute atomic E-state index is 0.279. The molecule has 0 aromatic heterocycles. The van der Waals surface area contributed by atoms with Crippen molar-refractivity contribution in [2.24, 2.45) is 0 Å². The van der Waals surface area contributed by atoms with Crippen LogP contribution in [0.1, 0.15) is 48.8 Å². The van der Waals surface area contributed by atoms with Gasteiger partial charge in [-0.1, -0.05) is 32.0 Å². The van der Waals surface area contributed by atoms with E-state index in [1.165, 1.54) is 11.1 Å². The van der Waals surface area contributed by atoms with Crippen LogP contribution in [0, 0.1) is 0 Å². The highest BCUT2D eigenvalue weighted by Gasteiger charge is 2.28. The van der Waals surface area contributed by atoms with Gasteiger partial charge in [0.15, 0.2) is 0 Å². The molecule has 0 heterocycles. The van der Waals surface area contributed by atoms with E-state index in [2.05, 4.69) is 32.0 Å². The summed E-state index contributed by atoms with van der Waals surface area (Å²) in [5.41, 5.74) is 3.49. The smallest absolute Gasteiger partial charge is 0.310 e. The molecule has 1 aliphatic rings. The molecule has 0 saturated carbocycles. The number of hydrogen-bond acceptors (Lipinski definition) is 1. The van der Waals surface area contributed by atoms with Crippen molar-refractivity contribution in [2.75, 3.05) is 0 Å². The monoisotopic (exact) mass is 204 g/mol. The second-order valence-corrected chi connectivity index (χ2v) is 4.54. The number of carboxylic acid groups (broad SMARTS) is 1. The number of hydrogen-bond donors (Lipinski definition) is 1. The van der Waals surface area contributed by atoms with E-state index in [1.54, 1.807) is 0 Å². The molecule has 1 aliphatic carbocycles. The van der Waals surface area contributed by atoms with Crippen LogP contribution in [-0.2, 0) is 11.2 Å². The highest BCUT2D eigenvalue weighted by Crippen LogP contribution is 2.35. The van der Waals surface area contributed by atoms with Crippen molar-refractivity contribution < 1.29 is 9.90 Å². The molecule has 0 fully saturated rings. The summed E-state index contributed by atoms with van der Waals surface area (Å²) >= 11 is 0. The zero-order valence-corrected chi connectivity index (χ0v) is 9.16. The lowest BCUT2D eigenvalue weighted by Crippen LogP contribution is -2.08. The summed E-state index contributed by atoms with van der Waals surface area (Å²) in [7, 11) is 0. The van der Waals surface area contributed by atoms with Crippen LogP contribution in [0.2, 0.25) is 0 Å². The first kappa shape index (κ1) is 10.2. The van der Waals surface area contributed by atoms with Gasteiger partial charge in [0.2, 0.25) is 0 Å². The van der Waals surface area contributed by atoms with Gasteiger partial charge in [-0.25, -0.2) is 0 Å². The number of aliphatic carboxylic acids is 1. The zero-order chi connectivity index (χ0) is 11.0. The topological polar surface area (TPSA) is 37.3 Å². The van der Waals surface area contributed by atoms with Crippen molar-refractivity contribution >= 4 is 5.97 Å². The molecule has 0 bridgehead atoms. The van der Waals surface area contributed by atoms with Gasteiger partial charge in [0.1, 0.15) is 0 Å². The normalized spacial score (nSPS) is 19.3. The first-order valence-electron chi connectivity index (χ1n) is 5.45. The van der Waals surface area contributed by atoms with E-state index in [1.807, 2.05) is 0 Å². The lowest BCUT2D eigenvalue weighted by atomic mass is 9.95. The minimum atomic E-state index is -0.686. The molecule has 1 aromatic carbocycles. The Kier molecular flexibility index (Phi) is 2.51. The van der Waals surface area contributed by atoms with Crippen molar-refractivity contribution in [3.05, 3.63) is 34.9 Å². The van der Waals surface area contributed by atoms with Gasteiger partial charge in [-0.15, -0.1) is 0 Å². The van der Waals surface area contributed by atoms with Gasteiger partial charge in [0.05, 0.1) is 5.92 Å². The van der Waals surface area contributed by atoms with Crippen LogP contribution in [0.3, 0.4) is 0 Å². The van der Waals surface area contributed by atoms with E-state index in [9.17, 15) is 4.79 Å². The number of carbonyl (C=O) groups is 1. The third kappa shape index (κ3) is 1.76. The minimum Gasteiger partial charge on any atom is -0.481 e. The average Bonchev–Trinajstić information content (AvgIpc) is 2.59. The van der Waals surface area contributed by atoms with E-state index in [4.69, 9.17) is 5.11 Å². The van der Waals surface area contributed by atoms with Gasteiger partial charge in [0.25, 0.3) is 0 Å². The number of benzene rings is 1. The zero-order valence-electron chi connectivity index (χ0n) is 9.16. The van der Waals surface area contributed by atoms with Crippen LogP contribution >= 0.6 is 0 Å². The van der Waals surface area contributed by atoms with Gasteiger partial charge in [-0.05, 0) is 35.4 Å². The van der Waals surface area contributed by atoms with Crippen LogP contribution in [-0.4, -0.2) is 11.1 Å². The Labute approximate surface area is 89.9 Å². The van der Waals surface area contributed by atoms with Crippen LogP contribution in [0.4, 0.5) is 0 Å². The second kappa shape index (κ2) is 3.69. The quantitative estimate of drug-likeness (QED) is 0.804. The number of aryl methyl sites for hydroxylation is 1. The van der Waals surface area contributed by atoms with E-state index >= 15 is 0 Å². The molecular formula is C13H16O2. The summed E-state index contributed by atoms with van der Waals surface area (Å²) in [6.07, 6.45) is 1.66. The van der Waals surface area contributed by atoms with Gasteiger partial charge < -0.3 is 5.11 Å². The van der Waals surface area contributed by atoms with Crippen LogP contribution in [0.5, 0.6) is 0 Å². The molecule has 2 nitrogen and oxygen atoms in total. The lowest BCUT2D eigenvalue weighted by Gasteiger charge is -2.10. The van der Waals surface area contributed by atoms with E-state index in [-0.39, 0.29) is 5.92 Å². The van der Waals surface area contributed by atoms with Gasteiger partial charge in [0, 0.05) is 0 Å². The average molecular weight is 204 g/mol. The van der Waals surface area contributed by atoms with E-state index in [0.29, 0.717) is 5.92 Å². The molecule has 1 aromatic rings. The Morgan fingerprint density at radius 1 is 1.47 bits per heavy atom. The maximum atomic E-state index is 11.0. The number of fused-ring (bicyclic) bond motifs is 1. The summed E-state index contributed by atoms with van der Waals surface area (Å²) in [5, 5.41) is 9.09. The Hall–Kier alpha value is -1.31. The largest absolute Gasteiger partial charge is 0.481 e. The summed E-state index contributed by atoms with van der Waals surface area (Å²) in [6, 6.07) is 6.28. The number of rotatable bonds is 2. The molecule has 80 valence electrons. The summed E-state index contributed by atoms with van der Waals surface area (Å²) < 4.78 is 0. The summed E-state index contributed by atoms with van der Waals surface area (Å²) in [5.74, 6) is -0.501. The lowest BCUT2D eigenvalue weighted by molar-refractivity contribution is -0.138. The fourth-order valence-corrected chi connectivity index (χ4v) is 2.24.